The Kier molecular flexibility index (Phi) is 7.11. The highest BCUT2D eigenvalue weighted by Gasteiger charge is 2.13. The lowest BCUT2D eigenvalue weighted by atomic mass is 10.1. The molecular weight excluding hydrogens is 397 g/mol. The molecule has 0 saturated heterocycles. The van der Waals surface area contributed by atoms with Gasteiger partial charge in [-0.25, -0.2) is 9.82 Å². The number of nitrogens with zero attached hydrogens (tertiary/aromatic N) is 1. The summed E-state index contributed by atoms with van der Waals surface area (Å²) in [7, 11) is 0. The van der Waals surface area contributed by atoms with Gasteiger partial charge in [-0.2, -0.15) is 5.10 Å². The van der Waals surface area contributed by atoms with Crippen molar-refractivity contribution in [3.63, 3.8) is 0 Å². The molecule has 0 aromatic heterocycles. The molecule has 0 heterocycles. The number of rotatable bonds is 6. The molecule has 0 fully saturated rings. The minimum atomic E-state index is -0.875. The normalized spacial score (nSPS) is 10.7. The molecule has 3 aromatic carbocycles. The molecule has 7 heteroatoms. The third-order valence-electron chi connectivity index (χ3n) is 4.30. The Morgan fingerprint density at radius 3 is 2.32 bits per heavy atom. The zero-order valence-corrected chi connectivity index (χ0v) is 17.2. The number of amides is 2. The van der Waals surface area contributed by atoms with Gasteiger partial charge in [0, 0.05) is 11.3 Å². The van der Waals surface area contributed by atoms with E-state index in [2.05, 4.69) is 15.8 Å². The molecule has 31 heavy (non-hydrogen) atoms. The fourth-order valence-corrected chi connectivity index (χ4v) is 2.88. The van der Waals surface area contributed by atoms with E-state index in [9.17, 15) is 14.0 Å². The summed E-state index contributed by atoms with van der Waals surface area (Å²) in [5.41, 5.74) is 5.86. The first kappa shape index (κ1) is 21.7. The number of aryl methyl sites for hydroxylation is 2. The summed E-state index contributed by atoms with van der Waals surface area (Å²) >= 11 is 0. The van der Waals surface area contributed by atoms with E-state index in [1.807, 2.05) is 19.9 Å². The van der Waals surface area contributed by atoms with E-state index in [-0.39, 0.29) is 12.4 Å². The van der Waals surface area contributed by atoms with E-state index in [4.69, 9.17) is 4.74 Å². The van der Waals surface area contributed by atoms with Crippen molar-refractivity contribution < 1.29 is 18.7 Å². The van der Waals surface area contributed by atoms with E-state index in [1.54, 1.807) is 54.6 Å². The number of hydrogen-bond donors (Lipinski definition) is 2. The molecule has 0 bridgehead atoms. The highest BCUT2D eigenvalue weighted by Crippen LogP contribution is 2.15. The van der Waals surface area contributed by atoms with Crippen molar-refractivity contribution in [2.24, 2.45) is 5.10 Å². The molecule has 3 aromatic rings. The standard InChI is InChI=1S/C24H22FN3O3/c1-16-11-17(2)13-20(12-16)27-23(29)24(30)28-26-14-18-7-9-21(10-8-18)31-15-19-5-3-4-6-22(19)25/h3-14H,15H2,1-2H3,(H,27,29)(H,28,30). The minimum Gasteiger partial charge on any atom is -0.489 e. The molecular formula is C24H22FN3O3. The smallest absolute Gasteiger partial charge is 0.329 e. The quantitative estimate of drug-likeness (QED) is 0.359. The van der Waals surface area contributed by atoms with Crippen LogP contribution in [0.4, 0.5) is 10.1 Å². The van der Waals surface area contributed by atoms with Crippen molar-refractivity contribution in [2.45, 2.75) is 20.5 Å². The maximum absolute atomic E-state index is 13.6. The van der Waals surface area contributed by atoms with Gasteiger partial charge in [0.2, 0.25) is 0 Å². The van der Waals surface area contributed by atoms with Crippen LogP contribution in [-0.4, -0.2) is 18.0 Å². The van der Waals surface area contributed by atoms with E-state index in [0.29, 0.717) is 22.6 Å². The van der Waals surface area contributed by atoms with Gasteiger partial charge in [0.05, 0.1) is 6.21 Å². The lowest BCUT2D eigenvalue weighted by molar-refractivity contribution is -0.136. The molecule has 0 atom stereocenters. The van der Waals surface area contributed by atoms with Gasteiger partial charge in [-0.1, -0.05) is 24.3 Å². The molecule has 0 aliphatic heterocycles. The summed E-state index contributed by atoms with van der Waals surface area (Å²) in [6.07, 6.45) is 1.41. The lowest BCUT2D eigenvalue weighted by Gasteiger charge is -2.07. The van der Waals surface area contributed by atoms with E-state index < -0.39 is 11.8 Å². The summed E-state index contributed by atoms with van der Waals surface area (Å²) in [4.78, 5) is 23.9. The van der Waals surface area contributed by atoms with Crippen LogP contribution in [0.5, 0.6) is 5.75 Å². The van der Waals surface area contributed by atoms with Gasteiger partial charge in [0.1, 0.15) is 18.2 Å². The number of halogens is 1. The van der Waals surface area contributed by atoms with Crippen LogP contribution in [0, 0.1) is 19.7 Å². The second-order valence-corrected chi connectivity index (χ2v) is 6.98. The molecule has 3 rings (SSSR count). The number of ether oxygens (including phenoxy) is 1. The van der Waals surface area contributed by atoms with E-state index >= 15 is 0 Å². The average molecular weight is 419 g/mol. The topological polar surface area (TPSA) is 79.8 Å². The third kappa shape index (κ3) is 6.50. The van der Waals surface area contributed by atoms with Crippen LogP contribution >= 0.6 is 0 Å². The van der Waals surface area contributed by atoms with Crippen LogP contribution in [0.2, 0.25) is 0 Å². The van der Waals surface area contributed by atoms with Crippen molar-refractivity contribution in [1.29, 1.82) is 0 Å². The fraction of sp³-hybridized carbons (Fsp3) is 0.125. The van der Waals surface area contributed by atoms with Crippen molar-refractivity contribution in [3.05, 3.63) is 94.8 Å². The van der Waals surface area contributed by atoms with Gasteiger partial charge in [0.25, 0.3) is 0 Å². The number of benzene rings is 3. The van der Waals surface area contributed by atoms with Crippen LogP contribution in [0.3, 0.4) is 0 Å². The maximum Gasteiger partial charge on any atom is 0.329 e. The van der Waals surface area contributed by atoms with Crippen LogP contribution in [0.15, 0.2) is 71.8 Å². The summed E-state index contributed by atoms with van der Waals surface area (Å²) in [6, 6.07) is 18.8. The number of hydrazone groups is 1. The van der Waals surface area contributed by atoms with Crippen LogP contribution in [0.1, 0.15) is 22.3 Å². The Hall–Kier alpha value is -4.00. The Bertz CT molecular complexity index is 1090. The molecule has 0 spiro atoms. The molecule has 0 saturated carbocycles. The van der Waals surface area contributed by atoms with E-state index in [1.165, 1.54) is 12.3 Å². The predicted octanol–water partition coefficient (Wildman–Crippen LogP) is 4.11. The molecule has 2 N–H and O–H groups in total. The number of nitrogens with one attached hydrogen (secondary N) is 2. The van der Waals surface area contributed by atoms with Crippen molar-refractivity contribution in [1.82, 2.24) is 5.43 Å². The molecule has 0 aliphatic carbocycles. The Balaban J connectivity index is 1.49. The molecule has 158 valence electrons. The highest BCUT2D eigenvalue weighted by atomic mass is 19.1. The second kappa shape index (κ2) is 10.2. The lowest BCUT2D eigenvalue weighted by Crippen LogP contribution is -2.32. The van der Waals surface area contributed by atoms with Crippen molar-refractivity contribution in [2.75, 3.05) is 5.32 Å². The van der Waals surface area contributed by atoms with Gasteiger partial charge in [-0.3, -0.25) is 9.59 Å². The second-order valence-electron chi connectivity index (χ2n) is 6.98. The summed E-state index contributed by atoms with van der Waals surface area (Å²) in [5.74, 6) is -1.43. The summed E-state index contributed by atoms with van der Waals surface area (Å²) in [5, 5.41) is 6.34. The third-order valence-corrected chi connectivity index (χ3v) is 4.30. The monoisotopic (exact) mass is 419 g/mol. The first-order valence-corrected chi connectivity index (χ1v) is 9.59. The average Bonchev–Trinajstić information content (AvgIpc) is 2.73. The summed E-state index contributed by atoms with van der Waals surface area (Å²) in [6.45, 7) is 3.93. The first-order valence-electron chi connectivity index (χ1n) is 9.59. The van der Waals surface area contributed by atoms with E-state index in [0.717, 1.165) is 11.1 Å². The Morgan fingerprint density at radius 1 is 0.968 bits per heavy atom. The van der Waals surface area contributed by atoms with Gasteiger partial charge in [0.15, 0.2) is 0 Å². The number of anilines is 1. The Morgan fingerprint density at radius 2 is 1.65 bits per heavy atom. The van der Waals surface area contributed by atoms with Gasteiger partial charge in [-0.15, -0.1) is 0 Å². The summed E-state index contributed by atoms with van der Waals surface area (Å²) < 4.78 is 19.2. The molecule has 0 radical (unpaired) electrons. The molecule has 2 amide bonds. The number of carbonyl (C=O) groups excluding carboxylic acids is 2. The molecule has 0 unspecified atom stereocenters. The van der Waals surface area contributed by atoms with Crippen LogP contribution in [-0.2, 0) is 16.2 Å². The Labute approximate surface area is 179 Å². The van der Waals surface area contributed by atoms with Crippen molar-refractivity contribution in [3.8, 4) is 5.75 Å². The highest BCUT2D eigenvalue weighted by molar-refractivity contribution is 6.39. The zero-order valence-electron chi connectivity index (χ0n) is 17.2. The molecule has 0 aliphatic rings. The SMILES string of the molecule is Cc1cc(C)cc(NC(=O)C(=O)NN=Cc2ccc(OCc3ccccc3F)cc2)c1. The van der Waals surface area contributed by atoms with Crippen LogP contribution < -0.4 is 15.5 Å². The van der Waals surface area contributed by atoms with Gasteiger partial charge < -0.3 is 10.1 Å². The van der Waals surface area contributed by atoms with Gasteiger partial charge >= 0.3 is 11.8 Å². The predicted molar refractivity (Wildman–Crippen MR) is 117 cm³/mol. The fourth-order valence-electron chi connectivity index (χ4n) is 2.88. The van der Waals surface area contributed by atoms with Gasteiger partial charge in [-0.05, 0) is 73.0 Å². The largest absolute Gasteiger partial charge is 0.489 e. The first-order chi connectivity index (χ1) is 14.9. The zero-order chi connectivity index (χ0) is 22.2. The molecule has 6 nitrogen and oxygen atoms in total. The number of hydrogen-bond acceptors (Lipinski definition) is 4. The maximum atomic E-state index is 13.6. The van der Waals surface area contributed by atoms with Crippen LogP contribution in [0.25, 0.3) is 0 Å². The van der Waals surface area contributed by atoms with Crippen molar-refractivity contribution >= 4 is 23.7 Å². The number of carbonyl (C=O) groups is 2. The minimum absolute atomic E-state index is 0.117.